The normalized spacial score (nSPS) is 13.4. The Bertz CT molecular complexity index is 1940. The van der Waals surface area contributed by atoms with Crippen molar-refractivity contribution in [1.29, 1.82) is 0 Å². The van der Waals surface area contributed by atoms with Crippen molar-refractivity contribution in [3.63, 3.8) is 0 Å². The topological polar surface area (TPSA) is 92.2 Å². The molecule has 0 fully saturated rings. The Morgan fingerprint density at radius 2 is 1.13 bits per heavy atom. The van der Waals surface area contributed by atoms with Gasteiger partial charge in [-0.1, -0.05) is 140 Å². The Kier molecular flexibility index (Phi) is 12.7. The van der Waals surface area contributed by atoms with E-state index in [4.69, 9.17) is 14.2 Å². The van der Waals surface area contributed by atoms with Crippen molar-refractivity contribution in [2.45, 2.75) is 44.1 Å². The van der Waals surface area contributed by atoms with Crippen molar-refractivity contribution >= 4 is 0 Å². The van der Waals surface area contributed by atoms with Gasteiger partial charge in [0.15, 0.2) is 11.5 Å². The first-order valence-electron chi connectivity index (χ1n) is 17.6. The Balaban J connectivity index is 1.34. The predicted octanol–water partition coefficient (Wildman–Crippen LogP) is 7.72. The Morgan fingerprint density at radius 3 is 1.73 bits per heavy atom. The monoisotopic (exact) mass is 694 g/mol. The lowest BCUT2D eigenvalue weighted by Crippen LogP contribution is -2.56. The first-order chi connectivity index (χ1) is 25.5. The molecule has 4 N–H and O–H groups in total. The molecule has 52 heavy (non-hydrogen) atoms. The second-order valence-electron chi connectivity index (χ2n) is 12.8. The highest BCUT2D eigenvalue weighted by atomic mass is 16.5. The van der Waals surface area contributed by atoms with Gasteiger partial charge in [0.05, 0.1) is 19.3 Å². The molecular weight excluding hydrogens is 649 g/mol. The smallest absolute Gasteiger partial charge is 0.161 e. The lowest BCUT2D eigenvalue weighted by molar-refractivity contribution is -0.0530. The zero-order valence-electron chi connectivity index (χ0n) is 29.4. The molecule has 6 rings (SSSR count). The summed E-state index contributed by atoms with van der Waals surface area (Å²) in [5, 5.41) is 32.4. The SMILES string of the molecule is COc1cc(C(O)(CNCc2ccccc2)C(NCc2ccccc2)C(O)c2cccc(OCc3ccccc3)c2)ccc1OCc1ccccc1. The molecular formula is C45H46N2O5. The molecule has 0 aliphatic carbocycles. The molecule has 0 spiro atoms. The average Bonchev–Trinajstić information content (AvgIpc) is 3.21. The summed E-state index contributed by atoms with van der Waals surface area (Å²) >= 11 is 0. The van der Waals surface area contributed by atoms with Gasteiger partial charge < -0.3 is 35.1 Å². The minimum Gasteiger partial charge on any atom is -0.493 e. The summed E-state index contributed by atoms with van der Waals surface area (Å²) < 4.78 is 18.1. The van der Waals surface area contributed by atoms with E-state index in [9.17, 15) is 10.2 Å². The van der Waals surface area contributed by atoms with Gasteiger partial charge in [-0.25, -0.2) is 0 Å². The molecule has 0 aliphatic rings. The maximum atomic E-state index is 13.1. The van der Waals surface area contributed by atoms with Crippen molar-refractivity contribution in [2.75, 3.05) is 13.7 Å². The third-order valence-electron chi connectivity index (χ3n) is 9.11. The molecule has 3 atom stereocenters. The van der Waals surface area contributed by atoms with Crippen LogP contribution in [-0.4, -0.2) is 29.9 Å². The van der Waals surface area contributed by atoms with E-state index in [-0.39, 0.29) is 6.54 Å². The largest absolute Gasteiger partial charge is 0.493 e. The molecule has 266 valence electrons. The molecule has 7 heteroatoms. The molecule has 0 saturated carbocycles. The third kappa shape index (κ3) is 9.66. The van der Waals surface area contributed by atoms with Crippen molar-refractivity contribution in [3.05, 3.63) is 197 Å². The van der Waals surface area contributed by atoms with Crippen LogP contribution >= 0.6 is 0 Å². The zero-order valence-corrected chi connectivity index (χ0v) is 29.4. The predicted molar refractivity (Wildman–Crippen MR) is 205 cm³/mol. The van der Waals surface area contributed by atoms with Gasteiger partial charge in [0, 0.05) is 19.6 Å². The molecule has 0 aromatic heterocycles. The summed E-state index contributed by atoms with van der Waals surface area (Å²) in [4.78, 5) is 0. The summed E-state index contributed by atoms with van der Waals surface area (Å²) in [6, 6.07) is 51.9. The van der Waals surface area contributed by atoms with Crippen molar-refractivity contribution in [2.24, 2.45) is 0 Å². The van der Waals surface area contributed by atoms with Gasteiger partial charge >= 0.3 is 0 Å². The molecule has 6 aromatic carbocycles. The first-order valence-corrected chi connectivity index (χ1v) is 17.6. The Morgan fingerprint density at radius 1 is 0.577 bits per heavy atom. The van der Waals surface area contributed by atoms with Crippen molar-refractivity contribution in [3.8, 4) is 17.2 Å². The summed E-state index contributed by atoms with van der Waals surface area (Å²) in [5.41, 5.74) is 3.67. The number of rotatable bonds is 18. The zero-order chi connectivity index (χ0) is 36.0. The van der Waals surface area contributed by atoms with Crippen LogP contribution in [0.5, 0.6) is 17.2 Å². The Hall–Kier alpha value is -5.44. The number of aliphatic hydroxyl groups excluding tert-OH is 1. The minimum absolute atomic E-state index is 0.114. The summed E-state index contributed by atoms with van der Waals surface area (Å²) in [5.74, 6) is 1.64. The number of aliphatic hydroxyl groups is 2. The fourth-order valence-electron chi connectivity index (χ4n) is 6.26. The van der Waals surface area contributed by atoms with Gasteiger partial charge in [-0.2, -0.15) is 0 Å². The van der Waals surface area contributed by atoms with Gasteiger partial charge in [-0.3, -0.25) is 0 Å². The molecule has 7 nitrogen and oxygen atoms in total. The van der Waals surface area contributed by atoms with E-state index < -0.39 is 17.7 Å². The fourth-order valence-corrected chi connectivity index (χ4v) is 6.26. The van der Waals surface area contributed by atoms with E-state index in [0.717, 1.165) is 22.3 Å². The van der Waals surface area contributed by atoms with Crippen LogP contribution in [0.2, 0.25) is 0 Å². The van der Waals surface area contributed by atoms with Crippen LogP contribution in [0.4, 0.5) is 0 Å². The summed E-state index contributed by atoms with van der Waals surface area (Å²) in [7, 11) is 1.59. The minimum atomic E-state index is -1.64. The maximum Gasteiger partial charge on any atom is 0.161 e. The lowest BCUT2D eigenvalue weighted by Gasteiger charge is -2.40. The van der Waals surface area contributed by atoms with Crippen LogP contribution in [0.25, 0.3) is 0 Å². The first kappa shape index (κ1) is 36.4. The average molecular weight is 695 g/mol. The van der Waals surface area contributed by atoms with Crippen LogP contribution < -0.4 is 24.8 Å². The van der Waals surface area contributed by atoms with Crippen LogP contribution in [0.3, 0.4) is 0 Å². The second-order valence-corrected chi connectivity index (χ2v) is 12.8. The van der Waals surface area contributed by atoms with Gasteiger partial charge in [-0.05, 0) is 57.6 Å². The van der Waals surface area contributed by atoms with Crippen molar-refractivity contribution in [1.82, 2.24) is 10.6 Å². The van der Waals surface area contributed by atoms with E-state index in [0.29, 0.717) is 54.7 Å². The second kappa shape index (κ2) is 18.2. The molecule has 0 radical (unpaired) electrons. The number of hydrogen-bond donors (Lipinski definition) is 4. The van der Waals surface area contributed by atoms with Crippen LogP contribution in [0, 0.1) is 0 Å². The number of ether oxygens (including phenoxy) is 3. The highest BCUT2D eigenvalue weighted by molar-refractivity contribution is 5.46. The van der Waals surface area contributed by atoms with E-state index in [1.807, 2.05) is 158 Å². The van der Waals surface area contributed by atoms with Crippen LogP contribution in [0.15, 0.2) is 164 Å². The highest BCUT2D eigenvalue weighted by Crippen LogP contribution is 2.38. The summed E-state index contributed by atoms with van der Waals surface area (Å²) in [6.07, 6.45) is -1.15. The number of hydrogen-bond acceptors (Lipinski definition) is 7. The maximum absolute atomic E-state index is 13.1. The molecule has 0 saturated heterocycles. The number of nitrogens with one attached hydrogen (secondary N) is 2. The molecule has 0 aliphatic heterocycles. The van der Waals surface area contributed by atoms with E-state index in [2.05, 4.69) is 10.6 Å². The molecule has 0 bridgehead atoms. The quantitative estimate of drug-likeness (QED) is 0.0733. The van der Waals surface area contributed by atoms with Gasteiger partial charge in [0.1, 0.15) is 24.6 Å². The van der Waals surface area contributed by atoms with Crippen molar-refractivity contribution < 1.29 is 24.4 Å². The molecule has 0 amide bonds. The van der Waals surface area contributed by atoms with E-state index in [1.165, 1.54) is 0 Å². The molecule has 6 aromatic rings. The summed E-state index contributed by atoms with van der Waals surface area (Å²) in [6.45, 7) is 1.79. The fraction of sp³-hybridized carbons (Fsp3) is 0.200. The third-order valence-corrected chi connectivity index (χ3v) is 9.11. The molecule has 3 unspecified atom stereocenters. The molecule has 0 heterocycles. The van der Waals surface area contributed by atoms with Gasteiger partial charge in [0.2, 0.25) is 0 Å². The van der Waals surface area contributed by atoms with Gasteiger partial charge in [0.25, 0.3) is 0 Å². The number of methoxy groups -OCH3 is 1. The van der Waals surface area contributed by atoms with Crippen LogP contribution in [0.1, 0.15) is 39.5 Å². The van der Waals surface area contributed by atoms with Gasteiger partial charge in [-0.15, -0.1) is 0 Å². The van der Waals surface area contributed by atoms with Crippen LogP contribution in [-0.2, 0) is 31.9 Å². The number of benzene rings is 6. The van der Waals surface area contributed by atoms with E-state index >= 15 is 0 Å². The van der Waals surface area contributed by atoms with E-state index in [1.54, 1.807) is 13.2 Å². The standard InChI is InChI=1S/C45H46N2O5/c1-50-42-28-39(25-26-41(42)52-32-37-21-12-5-13-22-37)45(49,33-46-29-34-15-6-2-7-16-34)44(47-30-35-17-8-3-9-18-35)43(48)38-23-14-24-40(27-38)51-31-36-19-10-4-11-20-36/h2-28,43-44,46-49H,29-33H2,1H3. The lowest BCUT2D eigenvalue weighted by atomic mass is 9.80. The highest BCUT2D eigenvalue weighted by Gasteiger charge is 2.43. The Labute approximate surface area is 306 Å².